The molecule has 1 fully saturated rings. The van der Waals surface area contributed by atoms with Crippen molar-refractivity contribution in [1.29, 1.82) is 0 Å². The Balaban J connectivity index is 2.53. The summed E-state index contributed by atoms with van der Waals surface area (Å²) in [6, 6.07) is 0. The van der Waals surface area contributed by atoms with Crippen LogP contribution in [-0.4, -0.2) is 44.0 Å². The third-order valence-electron chi connectivity index (χ3n) is 3.59. The van der Waals surface area contributed by atoms with E-state index in [1.807, 2.05) is 0 Å². The van der Waals surface area contributed by atoms with Gasteiger partial charge in [-0.2, -0.15) is 13.2 Å². The van der Waals surface area contributed by atoms with Crippen molar-refractivity contribution in [2.45, 2.75) is 56.8 Å². The number of likely N-dealkylation sites (N-methyl/N-ethyl adjacent to an activating group) is 1. The van der Waals surface area contributed by atoms with Crippen molar-refractivity contribution in [1.82, 2.24) is 5.32 Å². The molecule has 1 N–H and O–H groups in total. The smallest absolute Gasteiger partial charge is 0.391 e. The third kappa shape index (κ3) is 4.94. The van der Waals surface area contributed by atoms with E-state index in [1.54, 1.807) is 14.0 Å². The molecule has 1 aliphatic rings. The minimum atomic E-state index is -4.21. The molecule has 0 radical (unpaired) electrons. The van der Waals surface area contributed by atoms with Crippen LogP contribution >= 0.6 is 0 Å². The average molecular weight is 297 g/mol. The molecule has 0 aromatic carbocycles. The highest BCUT2D eigenvalue weighted by atomic mass is 19.4. The van der Waals surface area contributed by atoms with Crippen LogP contribution in [0.2, 0.25) is 0 Å². The van der Waals surface area contributed by atoms with Gasteiger partial charge in [0.1, 0.15) is 5.54 Å². The zero-order valence-electron chi connectivity index (χ0n) is 11.9. The van der Waals surface area contributed by atoms with Crippen LogP contribution in [0.4, 0.5) is 13.2 Å². The van der Waals surface area contributed by atoms with Crippen molar-refractivity contribution in [3.63, 3.8) is 0 Å². The van der Waals surface area contributed by atoms with E-state index in [9.17, 15) is 18.0 Å². The van der Waals surface area contributed by atoms with Crippen LogP contribution in [0.1, 0.15) is 39.0 Å². The van der Waals surface area contributed by atoms with E-state index in [4.69, 9.17) is 9.47 Å². The molecule has 0 spiro atoms. The van der Waals surface area contributed by atoms with Gasteiger partial charge in [0.05, 0.1) is 25.7 Å². The van der Waals surface area contributed by atoms with Crippen LogP contribution in [-0.2, 0) is 14.3 Å². The quantitative estimate of drug-likeness (QED) is 0.765. The first kappa shape index (κ1) is 17.2. The number of ether oxygens (including phenoxy) is 2. The van der Waals surface area contributed by atoms with E-state index in [2.05, 4.69) is 5.32 Å². The van der Waals surface area contributed by atoms with Crippen molar-refractivity contribution >= 4 is 5.97 Å². The average Bonchev–Trinajstić information content (AvgIpc) is 2.37. The lowest BCUT2D eigenvalue weighted by molar-refractivity contribution is -0.161. The van der Waals surface area contributed by atoms with Crippen LogP contribution in [0.25, 0.3) is 0 Å². The van der Waals surface area contributed by atoms with Gasteiger partial charge in [-0.1, -0.05) is 0 Å². The summed E-state index contributed by atoms with van der Waals surface area (Å²) in [5.74, 6) is -0.355. The summed E-state index contributed by atoms with van der Waals surface area (Å²) in [7, 11) is 1.66. The van der Waals surface area contributed by atoms with Crippen LogP contribution in [0.3, 0.4) is 0 Å². The van der Waals surface area contributed by atoms with Gasteiger partial charge in [0.2, 0.25) is 0 Å². The molecule has 0 saturated heterocycles. The second-order valence-electron chi connectivity index (χ2n) is 5.01. The lowest BCUT2D eigenvalue weighted by Gasteiger charge is -2.38. The van der Waals surface area contributed by atoms with Crippen molar-refractivity contribution in [3.05, 3.63) is 0 Å². The molecule has 0 heterocycles. The third-order valence-corrected chi connectivity index (χ3v) is 3.59. The summed E-state index contributed by atoms with van der Waals surface area (Å²) in [6.45, 7) is 1.64. The molecule has 1 rings (SSSR count). The molecule has 0 aromatic heterocycles. The SMILES string of the molecule is CCOC(=O)C1(NC)CCCC(OCCC(F)(F)F)C1. The fraction of sp³-hybridized carbons (Fsp3) is 0.923. The Hall–Kier alpha value is -0.820. The zero-order chi connectivity index (χ0) is 15.2. The maximum absolute atomic E-state index is 12.1. The van der Waals surface area contributed by atoms with E-state index in [0.29, 0.717) is 19.3 Å². The first-order valence-corrected chi connectivity index (χ1v) is 6.87. The van der Waals surface area contributed by atoms with Gasteiger partial charge < -0.3 is 14.8 Å². The fourth-order valence-electron chi connectivity index (χ4n) is 2.49. The summed E-state index contributed by atoms with van der Waals surface area (Å²) in [6.07, 6.45) is -3.17. The van der Waals surface area contributed by atoms with Gasteiger partial charge in [-0.15, -0.1) is 0 Å². The molecule has 1 aliphatic carbocycles. The maximum atomic E-state index is 12.1. The lowest BCUT2D eigenvalue weighted by atomic mass is 9.80. The normalized spacial score (nSPS) is 27.4. The number of nitrogens with one attached hydrogen (secondary N) is 1. The predicted molar refractivity (Wildman–Crippen MR) is 67.3 cm³/mol. The monoisotopic (exact) mass is 297 g/mol. The van der Waals surface area contributed by atoms with E-state index < -0.39 is 18.1 Å². The number of hydrogen-bond donors (Lipinski definition) is 1. The summed E-state index contributed by atoms with van der Waals surface area (Å²) in [5, 5.41) is 2.96. The van der Waals surface area contributed by atoms with Gasteiger partial charge in [-0.3, -0.25) is 4.79 Å². The van der Waals surface area contributed by atoms with Crippen LogP contribution in [0.15, 0.2) is 0 Å². The lowest BCUT2D eigenvalue weighted by Crippen LogP contribution is -2.55. The fourth-order valence-corrected chi connectivity index (χ4v) is 2.49. The topological polar surface area (TPSA) is 47.6 Å². The highest BCUT2D eigenvalue weighted by molar-refractivity contribution is 5.81. The highest BCUT2D eigenvalue weighted by Gasteiger charge is 2.43. The van der Waals surface area contributed by atoms with Gasteiger partial charge in [0.15, 0.2) is 0 Å². The van der Waals surface area contributed by atoms with E-state index in [-0.39, 0.29) is 25.3 Å². The minimum Gasteiger partial charge on any atom is -0.465 e. The first-order valence-electron chi connectivity index (χ1n) is 6.87. The molecule has 7 heteroatoms. The molecular weight excluding hydrogens is 275 g/mol. The zero-order valence-corrected chi connectivity index (χ0v) is 11.9. The number of alkyl halides is 3. The molecule has 0 aliphatic heterocycles. The van der Waals surface area contributed by atoms with E-state index in [1.165, 1.54) is 0 Å². The number of carbonyl (C=O) groups excluding carboxylic acids is 1. The second kappa shape index (κ2) is 7.26. The van der Waals surface area contributed by atoms with Crippen LogP contribution in [0.5, 0.6) is 0 Å². The molecule has 0 bridgehead atoms. The van der Waals surface area contributed by atoms with Gasteiger partial charge >= 0.3 is 12.1 Å². The molecule has 0 aromatic rings. The van der Waals surface area contributed by atoms with Crippen molar-refractivity contribution in [2.75, 3.05) is 20.3 Å². The molecule has 2 atom stereocenters. The Morgan fingerprint density at radius 3 is 2.70 bits per heavy atom. The van der Waals surface area contributed by atoms with Gasteiger partial charge in [-0.05, 0) is 33.2 Å². The number of carbonyl (C=O) groups is 1. The largest absolute Gasteiger partial charge is 0.465 e. The van der Waals surface area contributed by atoms with E-state index in [0.717, 1.165) is 6.42 Å². The molecule has 4 nitrogen and oxygen atoms in total. The Morgan fingerprint density at radius 2 is 2.15 bits per heavy atom. The Kier molecular flexibility index (Phi) is 6.26. The maximum Gasteiger partial charge on any atom is 0.391 e. The van der Waals surface area contributed by atoms with Gasteiger partial charge in [0, 0.05) is 6.42 Å². The molecule has 2 unspecified atom stereocenters. The Bertz CT molecular complexity index is 322. The number of esters is 1. The summed E-state index contributed by atoms with van der Waals surface area (Å²) < 4.78 is 46.6. The van der Waals surface area contributed by atoms with Crippen LogP contribution in [0, 0.1) is 0 Å². The number of hydrogen-bond acceptors (Lipinski definition) is 4. The highest BCUT2D eigenvalue weighted by Crippen LogP contribution is 2.31. The Morgan fingerprint density at radius 1 is 1.45 bits per heavy atom. The number of halogens is 3. The molecule has 118 valence electrons. The molecule has 1 saturated carbocycles. The number of rotatable bonds is 6. The van der Waals surface area contributed by atoms with E-state index >= 15 is 0 Å². The second-order valence-corrected chi connectivity index (χ2v) is 5.01. The first-order chi connectivity index (χ1) is 9.33. The summed E-state index contributed by atoms with van der Waals surface area (Å²) >= 11 is 0. The van der Waals surface area contributed by atoms with Crippen molar-refractivity contribution in [3.8, 4) is 0 Å². The van der Waals surface area contributed by atoms with Gasteiger partial charge in [-0.25, -0.2) is 0 Å². The predicted octanol–water partition coefficient (Wildman–Crippen LogP) is 2.42. The summed E-state index contributed by atoms with van der Waals surface area (Å²) in [4.78, 5) is 12.0. The summed E-state index contributed by atoms with van der Waals surface area (Å²) in [5.41, 5.74) is -0.836. The van der Waals surface area contributed by atoms with Crippen molar-refractivity contribution in [2.24, 2.45) is 0 Å². The van der Waals surface area contributed by atoms with Crippen LogP contribution < -0.4 is 5.32 Å². The molecule has 0 amide bonds. The standard InChI is InChI=1S/C13H22F3NO3/c1-3-19-11(18)12(17-2)6-4-5-10(9-12)20-8-7-13(14,15)16/h10,17H,3-9H2,1-2H3. The minimum absolute atomic E-state index is 0.280. The molecular formula is C13H22F3NO3. The van der Waals surface area contributed by atoms with Crippen molar-refractivity contribution < 1.29 is 27.4 Å². The van der Waals surface area contributed by atoms with Gasteiger partial charge in [0.25, 0.3) is 0 Å². The Labute approximate surface area is 117 Å². The molecule has 20 heavy (non-hydrogen) atoms.